The first-order valence-corrected chi connectivity index (χ1v) is 3.41. The molecule has 62 valence electrons. The van der Waals surface area contributed by atoms with Crippen LogP contribution in [0.4, 0.5) is 6.01 Å². The summed E-state index contributed by atoms with van der Waals surface area (Å²) >= 11 is 0. The van der Waals surface area contributed by atoms with Gasteiger partial charge in [-0.2, -0.15) is 4.98 Å². The zero-order valence-electron chi connectivity index (χ0n) is 6.44. The Balaban J connectivity index is 2.50. The van der Waals surface area contributed by atoms with Gasteiger partial charge in [-0.3, -0.25) is 0 Å². The van der Waals surface area contributed by atoms with Crippen LogP contribution in [0.25, 0.3) is 11.6 Å². The van der Waals surface area contributed by atoms with E-state index in [1.165, 1.54) is 0 Å². The van der Waals surface area contributed by atoms with Crippen LogP contribution in [0.3, 0.4) is 0 Å². The molecule has 0 aliphatic carbocycles. The number of hydrogen-bond donors (Lipinski definition) is 1. The zero-order valence-corrected chi connectivity index (χ0v) is 6.44. The van der Waals surface area contributed by atoms with Crippen molar-refractivity contribution in [2.75, 3.05) is 5.73 Å². The molecular formula is C7H7N3O2. The number of rotatable bonds is 1. The van der Waals surface area contributed by atoms with E-state index >= 15 is 0 Å². The molecule has 0 radical (unpaired) electrons. The molecule has 12 heavy (non-hydrogen) atoms. The van der Waals surface area contributed by atoms with Crippen LogP contribution in [0.5, 0.6) is 0 Å². The predicted molar refractivity (Wildman–Crippen MR) is 41.1 cm³/mol. The number of furan rings is 1. The minimum atomic E-state index is 0.0424. The lowest BCUT2D eigenvalue weighted by Gasteiger charge is -1.86. The minimum Gasteiger partial charge on any atom is -0.461 e. The highest BCUT2D eigenvalue weighted by molar-refractivity contribution is 5.52. The van der Waals surface area contributed by atoms with Crippen LogP contribution in [0, 0.1) is 6.92 Å². The van der Waals surface area contributed by atoms with Crippen LogP contribution >= 0.6 is 0 Å². The lowest BCUT2D eigenvalue weighted by Crippen LogP contribution is -1.83. The molecule has 0 fully saturated rings. The van der Waals surface area contributed by atoms with Crippen molar-refractivity contribution in [3.05, 3.63) is 17.9 Å². The highest BCUT2D eigenvalue weighted by Crippen LogP contribution is 2.21. The Morgan fingerprint density at radius 2 is 2.33 bits per heavy atom. The van der Waals surface area contributed by atoms with Gasteiger partial charge in [-0.25, -0.2) is 0 Å². The van der Waals surface area contributed by atoms with Gasteiger partial charge in [0.25, 0.3) is 0 Å². The average Bonchev–Trinajstić information content (AvgIpc) is 2.58. The molecule has 2 N–H and O–H groups in total. The lowest BCUT2D eigenvalue weighted by molar-refractivity contribution is 0.434. The van der Waals surface area contributed by atoms with E-state index in [4.69, 9.17) is 10.2 Å². The lowest BCUT2D eigenvalue weighted by atomic mass is 10.3. The van der Waals surface area contributed by atoms with E-state index in [0.717, 1.165) is 5.56 Å². The number of nitrogen functional groups attached to an aromatic ring is 1. The normalized spacial score (nSPS) is 10.4. The first-order chi connectivity index (χ1) is 5.77. The van der Waals surface area contributed by atoms with E-state index in [1.54, 1.807) is 6.26 Å². The van der Waals surface area contributed by atoms with E-state index in [-0.39, 0.29) is 6.01 Å². The van der Waals surface area contributed by atoms with Gasteiger partial charge in [0, 0.05) is 0 Å². The van der Waals surface area contributed by atoms with Crippen molar-refractivity contribution < 1.29 is 8.94 Å². The Morgan fingerprint density at radius 3 is 2.83 bits per heavy atom. The summed E-state index contributed by atoms with van der Waals surface area (Å²) in [4.78, 5) is 3.82. The fourth-order valence-corrected chi connectivity index (χ4v) is 0.929. The summed E-state index contributed by atoms with van der Waals surface area (Å²) in [6.07, 6.45) is 1.57. The number of aromatic nitrogens is 2. The molecule has 0 saturated heterocycles. The third kappa shape index (κ3) is 0.952. The van der Waals surface area contributed by atoms with E-state index in [2.05, 4.69) is 14.7 Å². The summed E-state index contributed by atoms with van der Waals surface area (Å²) in [5, 5.41) is 3.61. The molecule has 2 heterocycles. The van der Waals surface area contributed by atoms with Crippen molar-refractivity contribution in [3.8, 4) is 11.6 Å². The van der Waals surface area contributed by atoms with E-state index < -0.39 is 0 Å². The van der Waals surface area contributed by atoms with Crippen molar-refractivity contribution in [1.82, 2.24) is 10.1 Å². The first-order valence-electron chi connectivity index (χ1n) is 3.41. The maximum atomic E-state index is 5.25. The van der Waals surface area contributed by atoms with Gasteiger partial charge in [-0.1, -0.05) is 5.16 Å². The molecular weight excluding hydrogens is 158 g/mol. The highest BCUT2D eigenvalue weighted by atomic mass is 16.5. The third-order valence-electron chi connectivity index (χ3n) is 1.51. The van der Waals surface area contributed by atoms with Crippen molar-refractivity contribution in [1.29, 1.82) is 0 Å². The maximum Gasteiger partial charge on any atom is 0.319 e. The van der Waals surface area contributed by atoms with Gasteiger partial charge in [0.05, 0.1) is 6.26 Å². The molecule has 0 spiro atoms. The Labute approximate surface area is 68.2 Å². The van der Waals surface area contributed by atoms with Crippen LogP contribution in [-0.4, -0.2) is 10.1 Å². The van der Waals surface area contributed by atoms with Gasteiger partial charge in [0.2, 0.25) is 5.82 Å². The Bertz CT molecular complexity index is 391. The quantitative estimate of drug-likeness (QED) is 0.687. The van der Waals surface area contributed by atoms with Crippen molar-refractivity contribution >= 4 is 6.01 Å². The average molecular weight is 165 g/mol. The van der Waals surface area contributed by atoms with Gasteiger partial charge in [0.1, 0.15) is 0 Å². The molecule has 0 aliphatic rings. The molecule has 0 saturated carbocycles. The molecule has 2 aromatic heterocycles. The zero-order chi connectivity index (χ0) is 8.55. The maximum absolute atomic E-state index is 5.25. The summed E-state index contributed by atoms with van der Waals surface area (Å²) in [5.74, 6) is 0.977. The topological polar surface area (TPSA) is 78.1 Å². The molecule has 0 unspecified atom stereocenters. The molecule has 5 heteroatoms. The van der Waals surface area contributed by atoms with Crippen LogP contribution < -0.4 is 5.73 Å². The summed E-state index contributed by atoms with van der Waals surface area (Å²) in [6, 6.07) is 1.86. The van der Waals surface area contributed by atoms with Crippen molar-refractivity contribution in [2.24, 2.45) is 0 Å². The molecule has 0 aromatic carbocycles. The smallest absolute Gasteiger partial charge is 0.319 e. The Hall–Kier alpha value is -1.78. The van der Waals surface area contributed by atoms with Gasteiger partial charge < -0.3 is 14.7 Å². The molecule has 0 bridgehead atoms. The minimum absolute atomic E-state index is 0.0424. The monoisotopic (exact) mass is 165 g/mol. The summed E-state index contributed by atoms with van der Waals surface area (Å²) in [7, 11) is 0. The molecule has 0 aliphatic heterocycles. The molecule has 2 rings (SSSR count). The van der Waals surface area contributed by atoms with Gasteiger partial charge >= 0.3 is 6.01 Å². The molecule has 0 amide bonds. The van der Waals surface area contributed by atoms with Crippen LogP contribution in [-0.2, 0) is 0 Å². The highest BCUT2D eigenvalue weighted by Gasteiger charge is 2.11. The number of anilines is 1. The fourth-order valence-electron chi connectivity index (χ4n) is 0.929. The molecule has 0 atom stereocenters. The van der Waals surface area contributed by atoms with E-state index in [0.29, 0.717) is 11.6 Å². The predicted octanol–water partition coefficient (Wildman–Crippen LogP) is 1.22. The largest absolute Gasteiger partial charge is 0.461 e. The van der Waals surface area contributed by atoms with Gasteiger partial charge in [0.15, 0.2) is 5.76 Å². The summed E-state index contributed by atoms with van der Waals surface area (Å²) in [5.41, 5.74) is 6.21. The van der Waals surface area contributed by atoms with E-state index in [1.807, 2.05) is 13.0 Å². The molecule has 2 aromatic rings. The van der Waals surface area contributed by atoms with Crippen LogP contribution in [0.15, 0.2) is 21.3 Å². The standard InChI is InChI=1S/C7H7N3O2/c1-4-2-3-11-5(4)6-9-7(8)12-10-6/h2-3H,1H3,(H2,8,9,10). The van der Waals surface area contributed by atoms with Crippen LogP contribution in [0.2, 0.25) is 0 Å². The Kier molecular flexibility index (Phi) is 1.36. The number of aryl methyl sites for hydroxylation is 1. The second kappa shape index (κ2) is 2.37. The summed E-state index contributed by atoms with van der Waals surface area (Å²) < 4.78 is 9.72. The van der Waals surface area contributed by atoms with Crippen molar-refractivity contribution in [3.63, 3.8) is 0 Å². The number of hydrogen-bond acceptors (Lipinski definition) is 5. The van der Waals surface area contributed by atoms with Gasteiger partial charge in [-0.05, 0) is 18.6 Å². The number of nitrogens with zero attached hydrogens (tertiary/aromatic N) is 2. The second-order valence-corrected chi connectivity index (χ2v) is 2.39. The SMILES string of the molecule is Cc1ccoc1-c1noc(N)n1. The van der Waals surface area contributed by atoms with E-state index in [9.17, 15) is 0 Å². The van der Waals surface area contributed by atoms with Gasteiger partial charge in [-0.15, -0.1) is 0 Å². The second-order valence-electron chi connectivity index (χ2n) is 2.39. The molecule has 5 nitrogen and oxygen atoms in total. The Morgan fingerprint density at radius 1 is 1.50 bits per heavy atom. The third-order valence-corrected chi connectivity index (χ3v) is 1.51. The first kappa shape index (κ1) is 6.90. The summed E-state index contributed by atoms with van der Waals surface area (Å²) in [6.45, 7) is 1.89. The number of nitrogens with two attached hydrogens (primary N) is 1. The van der Waals surface area contributed by atoms with Crippen molar-refractivity contribution in [2.45, 2.75) is 6.92 Å². The fraction of sp³-hybridized carbons (Fsp3) is 0.143. The van der Waals surface area contributed by atoms with Crippen LogP contribution in [0.1, 0.15) is 5.56 Å².